The van der Waals surface area contributed by atoms with Crippen LogP contribution in [-0.2, 0) is 10.0 Å². The molecule has 2 aromatic heterocycles. The summed E-state index contributed by atoms with van der Waals surface area (Å²) < 4.78 is 25.3. The monoisotopic (exact) mass is 489 g/mol. The highest BCUT2D eigenvalue weighted by molar-refractivity contribution is 7.89. The summed E-state index contributed by atoms with van der Waals surface area (Å²) in [6.45, 7) is 2.03. The Kier molecular flexibility index (Phi) is 5.57. The lowest BCUT2D eigenvalue weighted by Crippen LogP contribution is -2.12. The molecule has 0 aliphatic carbocycles. The van der Waals surface area contributed by atoms with E-state index in [-0.39, 0.29) is 4.90 Å². The number of para-hydroxylation sites is 1. The summed E-state index contributed by atoms with van der Waals surface area (Å²) in [5, 5.41) is 10.2. The molecule has 0 saturated heterocycles. The van der Waals surface area contributed by atoms with Gasteiger partial charge in [0.2, 0.25) is 10.0 Å². The molecule has 5 rings (SSSR count). The highest BCUT2D eigenvalue weighted by Crippen LogP contribution is 2.37. The predicted molar refractivity (Wildman–Crippen MR) is 135 cm³/mol. The molecule has 170 valence electrons. The van der Waals surface area contributed by atoms with Crippen molar-refractivity contribution < 1.29 is 8.42 Å². The van der Waals surface area contributed by atoms with Crippen molar-refractivity contribution in [3.8, 4) is 16.8 Å². The lowest BCUT2D eigenvalue weighted by molar-refractivity contribution is 0.598. The number of halogens is 1. The lowest BCUT2D eigenvalue weighted by atomic mass is 10.1. The van der Waals surface area contributed by atoms with Crippen LogP contribution in [0.4, 0.5) is 11.5 Å². The Balaban J connectivity index is 1.73. The van der Waals surface area contributed by atoms with E-state index in [0.717, 1.165) is 33.5 Å². The smallest absolute Gasteiger partial charge is 0.238 e. The summed E-state index contributed by atoms with van der Waals surface area (Å²) in [5.74, 6) is 0.657. The number of benzene rings is 3. The molecule has 0 atom stereocenters. The number of nitrogens with zero attached hydrogens (tertiary/aromatic N) is 3. The van der Waals surface area contributed by atoms with Gasteiger partial charge in [-0.3, -0.25) is 0 Å². The van der Waals surface area contributed by atoms with E-state index in [0.29, 0.717) is 16.5 Å². The Bertz CT molecular complexity index is 1610. The Hall–Kier alpha value is -3.72. The van der Waals surface area contributed by atoms with Gasteiger partial charge in [0.15, 0.2) is 5.65 Å². The number of hydrogen-bond acceptors (Lipinski definition) is 5. The highest BCUT2D eigenvalue weighted by atomic mass is 35.5. The maximum Gasteiger partial charge on any atom is 0.238 e. The minimum absolute atomic E-state index is 0.0437. The summed E-state index contributed by atoms with van der Waals surface area (Å²) in [5.41, 5.74) is 5.27. The molecule has 0 amide bonds. The van der Waals surface area contributed by atoms with Crippen molar-refractivity contribution in [2.75, 3.05) is 5.32 Å². The van der Waals surface area contributed by atoms with Crippen LogP contribution >= 0.6 is 11.6 Å². The third kappa shape index (κ3) is 4.14. The standard InChI is InChI=1S/C25H20ClN5O2S/c1-16-4-2-3-5-22(16)30-24-23-21(17-6-8-18(26)9-7-17)14-31(25(23)29-15-28-24)19-10-12-20(13-11-19)34(27,32)33/h2-15H,1H3,(H2,27,32,33)(H,28,29,30). The van der Waals surface area contributed by atoms with Crippen molar-refractivity contribution in [1.82, 2.24) is 14.5 Å². The molecule has 0 spiro atoms. The van der Waals surface area contributed by atoms with Gasteiger partial charge in [-0.05, 0) is 60.5 Å². The first-order valence-electron chi connectivity index (χ1n) is 10.4. The summed E-state index contributed by atoms with van der Waals surface area (Å²) in [6, 6.07) is 21.9. The normalized spacial score (nSPS) is 11.6. The molecule has 0 fully saturated rings. The second-order valence-corrected chi connectivity index (χ2v) is 9.82. The third-order valence-corrected chi connectivity index (χ3v) is 6.76. The number of aryl methyl sites for hydroxylation is 1. The summed E-state index contributed by atoms with van der Waals surface area (Å²) in [4.78, 5) is 9.15. The Morgan fingerprint density at radius 1 is 0.941 bits per heavy atom. The molecule has 3 aromatic carbocycles. The molecule has 0 bridgehead atoms. The van der Waals surface area contributed by atoms with E-state index in [9.17, 15) is 8.42 Å². The number of rotatable bonds is 5. The van der Waals surface area contributed by atoms with Gasteiger partial charge >= 0.3 is 0 Å². The number of sulfonamides is 1. The largest absolute Gasteiger partial charge is 0.339 e. The van der Waals surface area contributed by atoms with E-state index in [1.54, 1.807) is 12.1 Å². The van der Waals surface area contributed by atoms with Crippen LogP contribution in [0.2, 0.25) is 5.02 Å². The number of anilines is 2. The lowest BCUT2D eigenvalue weighted by Gasteiger charge is -2.11. The molecule has 0 saturated carbocycles. The third-order valence-electron chi connectivity index (χ3n) is 5.58. The second-order valence-electron chi connectivity index (χ2n) is 7.82. The molecule has 9 heteroatoms. The van der Waals surface area contributed by atoms with Gasteiger partial charge in [-0.1, -0.05) is 41.9 Å². The molecular formula is C25H20ClN5O2S. The number of fused-ring (bicyclic) bond motifs is 1. The van der Waals surface area contributed by atoms with Gasteiger partial charge in [0.25, 0.3) is 0 Å². The predicted octanol–water partition coefficient (Wildman–Crippen LogP) is 5.44. The zero-order chi connectivity index (χ0) is 23.9. The fraction of sp³-hybridized carbons (Fsp3) is 0.0400. The van der Waals surface area contributed by atoms with Crippen molar-refractivity contribution >= 4 is 44.2 Å². The quantitative estimate of drug-likeness (QED) is 0.342. The molecule has 0 aliphatic heterocycles. The molecule has 3 N–H and O–H groups in total. The van der Waals surface area contributed by atoms with Crippen LogP contribution in [0.5, 0.6) is 0 Å². The van der Waals surface area contributed by atoms with Gasteiger partial charge in [-0.25, -0.2) is 23.5 Å². The van der Waals surface area contributed by atoms with Gasteiger partial charge in [0.05, 0.1) is 10.3 Å². The first-order valence-corrected chi connectivity index (χ1v) is 12.3. The zero-order valence-electron chi connectivity index (χ0n) is 18.1. The van der Waals surface area contributed by atoms with E-state index in [4.69, 9.17) is 16.7 Å². The van der Waals surface area contributed by atoms with Gasteiger partial charge in [0.1, 0.15) is 12.1 Å². The maximum absolute atomic E-state index is 11.7. The van der Waals surface area contributed by atoms with Crippen LogP contribution in [0.15, 0.2) is 90.2 Å². The van der Waals surface area contributed by atoms with Crippen molar-refractivity contribution in [2.45, 2.75) is 11.8 Å². The van der Waals surface area contributed by atoms with Crippen molar-refractivity contribution in [3.63, 3.8) is 0 Å². The fourth-order valence-electron chi connectivity index (χ4n) is 3.84. The Morgan fingerprint density at radius 3 is 2.32 bits per heavy atom. The summed E-state index contributed by atoms with van der Waals surface area (Å²) >= 11 is 6.12. The minimum Gasteiger partial charge on any atom is -0.339 e. The molecule has 5 aromatic rings. The zero-order valence-corrected chi connectivity index (χ0v) is 19.7. The highest BCUT2D eigenvalue weighted by Gasteiger charge is 2.18. The molecule has 0 radical (unpaired) electrons. The van der Waals surface area contributed by atoms with Crippen LogP contribution < -0.4 is 10.5 Å². The van der Waals surface area contributed by atoms with Gasteiger partial charge in [0, 0.05) is 28.2 Å². The number of primary sulfonamides is 1. The first-order chi connectivity index (χ1) is 16.3. The minimum atomic E-state index is -3.79. The van der Waals surface area contributed by atoms with Crippen LogP contribution in [0.1, 0.15) is 5.56 Å². The van der Waals surface area contributed by atoms with E-state index in [1.165, 1.54) is 18.5 Å². The number of hydrogen-bond donors (Lipinski definition) is 2. The average molecular weight is 490 g/mol. The Morgan fingerprint density at radius 2 is 1.65 bits per heavy atom. The van der Waals surface area contributed by atoms with Crippen LogP contribution in [-0.4, -0.2) is 23.0 Å². The van der Waals surface area contributed by atoms with E-state index >= 15 is 0 Å². The van der Waals surface area contributed by atoms with Crippen LogP contribution in [0, 0.1) is 6.92 Å². The SMILES string of the molecule is Cc1ccccc1Nc1ncnc2c1c(-c1ccc(Cl)cc1)cn2-c1ccc(S(N)(=O)=O)cc1. The number of nitrogens with two attached hydrogens (primary N) is 1. The van der Waals surface area contributed by atoms with Crippen molar-refractivity contribution in [2.24, 2.45) is 5.14 Å². The molecule has 0 aliphatic rings. The van der Waals surface area contributed by atoms with Crippen LogP contribution in [0.25, 0.3) is 27.8 Å². The van der Waals surface area contributed by atoms with Gasteiger partial charge < -0.3 is 9.88 Å². The Labute approximate surface area is 201 Å². The van der Waals surface area contributed by atoms with Crippen LogP contribution in [0.3, 0.4) is 0 Å². The summed E-state index contributed by atoms with van der Waals surface area (Å²) in [7, 11) is -3.79. The number of aromatic nitrogens is 3. The average Bonchev–Trinajstić information content (AvgIpc) is 3.21. The van der Waals surface area contributed by atoms with Gasteiger partial charge in [-0.15, -0.1) is 0 Å². The topological polar surface area (TPSA) is 103 Å². The van der Waals surface area contributed by atoms with E-state index in [1.807, 2.05) is 66.2 Å². The summed E-state index contributed by atoms with van der Waals surface area (Å²) in [6.07, 6.45) is 3.46. The van der Waals surface area contributed by atoms with Crippen molar-refractivity contribution in [1.29, 1.82) is 0 Å². The molecule has 2 heterocycles. The van der Waals surface area contributed by atoms with E-state index < -0.39 is 10.0 Å². The molecule has 0 unspecified atom stereocenters. The molecule has 7 nitrogen and oxygen atoms in total. The first kappa shape index (κ1) is 22.1. The second kappa shape index (κ2) is 8.57. The molecule has 34 heavy (non-hydrogen) atoms. The number of nitrogens with one attached hydrogen (secondary N) is 1. The fourth-order valence-corrected chi connectivity index (χ4v) is 4.48. The maximum atomic E-state index is 11.7. The van der Waals surface area contributed by atoms with E-state index in [2.05, 4.69) is 15.3 Å². The van der Waals surface area contributed by atoms with Gasteiger partial charge in [-0.2, -0.15) is 0 Å². The van der Waals surface area contributed by atoms with Crippen molar-refractivity contribution in [3.05, 3.63) is 95.9 Å². The molecular weight excluding hydrogens is 470 g/mol.